The number of halogens is 3. The van der Waals surface area contributed by atoms with Gasteiger partial charge in [0.1, 0.15) is 5.82 Å². The first-order valence-corrected chi connectivity index (χ1v) is 25.4. The normalized spacial score (nSPS) is 14.1. The van der Waals surface area contributed by atoms with E-state index in [9.17, 15) is 18.8 Å². The highest BCUT2D eigenvalue weighted by Crippen LogP contribution is 2.39. The molecule has 69 heavy (non-hydrogen) atoms. The van der Waals surface area contributed by atoms with Gasteiger partial charge in [0, 0.05) is 107 Å². The molecule has 0 bridgehead atoms. The quantitative estimate of drug-likeness (QED) is 0.158. The Hall–Kier alpha value is -5.72. The Morgan fingerprint density at radius 1 is 0.652 bits per heavy atom. The first kappa shape index (κ1) is 51.1. The molecule has 0 radical (unpaired) electrons. The average molecular weight is 1000 g/mol. The SMILES string of the molecule is CC(C)(C)C(=O)NC1CCCN(C(=O)c2ccc(-c3csc(-c4ccnc(C(C)(C)C)c4)c3)c(Cl)c2)C1.CC(C)(C)c1cc(-c2cc(-c3ccc(C(=O)Nc4ccc(F)cc4)cc3Cl)cs2)ccn1. The van der Waals surface area contributed by atoms with Crippen LogP contribution >= 0.6 is 45.9 Å². The van der Waals surface area contributed by atoms with Gasteiger partial charge in [-0.2, -0.15) is 0 Å². The van der Waals surface area contributed by atoms with Crippen LogP contribution in [0.15, 0.2) is 120 Å². The van der Waals surface area contributed by atoms with E-state index in [0.29, 0.717) is 39.9 Å². The van der Waals surface area contributed by atoms with E-state index in [1.54, 1.807) is 40.9 Å². The number of thiophene rings is 2. The Balaban J connectivity index is 0.000000206. The summed E-state index contributed by atoms with van der Waals surface area (Å²) in [6.45, 7) is 19.8. The summed E-state index contributed by atoms with van der Waals surface area (Å²) >= 11 is 16.6. The van der Waals surface area contributed by atoms with E-state index in [0.717, 1.165) is 67.4 Å². The van der Waals surface area contributed by atoms with Gasteiger partial charge >= 0.3 is 0 Å². The number of rotatable bonds is 8. The minimum Gasteiger partial charge on any atom is -0.351 e. The number of aromatic nitrogens is 2. The number of hydrogen-bond donors (Lipinski definition) is 2. The highest BCUT2D eigenvalue weighted by Gasteiger charge is 2.29. The smallest absolute Gasteiger partial charge is 0.255 e. The summed E-state index contributed by atoms with van der Waals surface area (Å²) in [5.41, 5.74) is 9.15. The number of benzene rings is 3. The van der Waals surface area contributed by atoms with Crippen molar-refractivity contribution < 1.29 is 18.8 Å². The molecule has 0 saturated carbocycles. The first-order chi connectivity index (χ1) is 32.5. The van der Waals surface area contributed by atoms with Crippen LogP contribution in [0.2, 0.25) is 10.0 Å². The molecule has 13 heteroatoms. The molecule has 0 spiro atoms. The zero-order valence-electron chi connectivity index (χ0n) is 40.5. The lowest BCUT2D eigenvalue weighted by Gasteiger charge is -2.34. The van der Waals surface area contributed by atoms with E-state index in [-0.39, 0.29) is 40.4 Å². The first-order valence-electron chi connectivity index (χ1n) is 22.9. The fraction of sp³-hybridized carbons (Fsp3) is 0.304. The molecular weight excluding hydrogens is 945 g/mol. The van der Waals surface area contributed by atoms with E-state index in [4.69, 9.17) is 23.2 Å². The lowest BCUT2D eigenvalue weighted by molar-refractivity contribution is -0.129. The summed E-state index contributed by atoms with van der Waals surface area (Å²) in [5.74, 6) is -0.703. The van der Waals surface area contributed by atoms with E-state index >= 15 is 0 Å². The van der Waals surface area contributed by atoms with Crippen LogP contribution in [0.25, 0.3) is 43.1 Å². The molecular formula is C56H58Cl2FN5O3S2. The Labute approximate surface area is 423 Å². The molecule has 8 rings (SSSR count). The van der Waals surface area contributed by atoms with Crippen LogP contribution in [-0.2, 0) is 15.6 Å². The van der Waals surface area contributed by atoms with Gasteiger partial charge in [0.05, 0.1) is 0 Å². The Morgan fingerprint density at radius 2 is 1.16 bits per heavy atom. The van der Waals surface area contributed by atoms with Crippen LogP contribution in [0, 0.1) is 11.2 Å². The van der Waals surface area contributed by atoms with Crippen molar-refractivity contribution in [2.24, 2.45) is 5.41 Å². The lowest BCUT2D eigenvalue weighted by atomic mass is 9.90. The van der Waals surface area contributed by atoms with Crippen molar-refractivity contribution in [3.63, 3.8) is 0 Å². The van der Waals surface area contributed by atoms with Crippen LogP contribution in [0.5, 0.6) is 0 Å². The number of nitrogens with zero attached hydrogens (tertiary/aromatic N) is 3. The largest absolute Gasteiger partial charge is 0.351 e. The van der Waals surface area contributed by atoms with Crippen molar-refractivity contribution in [3.05, 3.63) is 159 Å². The van der Waals surface area contributed by atoms with Gasteiger partial charge in [-0.3, -0.25) is 24.4 Å². The maximum absolute atomic E-state index is 13.3. The molecule has 1 aliphatic heterocycles. The number of piperidine rings is 1. The number of pyridine rings is 2. The summed E-state index contributed by atoms with van der Waals surface area (Å²) < 4.78 is 13.1. The number of likely N-dealkylation sites (tertiary alicyclic amines) is 1. The Kier molecular flexibility index (Phi) is 15.6. The molecule has 1 atom stereocenters. The molecule has 7 aromatic rings. The predicted octanol–water partition coefficient (Wildman–Crippen LogP) is 15.0. The van der Waals surface area contributed by atoms with Gasteiger partial charge in [-0.05, 0) is 131 Å². The summed E-state index contributed by atoms with van der Waals surface area (Å²) in [6, 6.07) is 28.9. The summed E-state index contributed by atoms with van der Waals surface area (Å²) in [7, 11) is 0. The lowest BCUT2D eigenvalue weighted by Crippen LogP contribution is -2.51. The van der Waals surface area contributed by atoms with Crippen molar-refractivity contribution in [1.82, 2.24) is 20.2 Å². The fourth-order valence-corrected chi connectivity index (χ4v) is 10.0. The highest BCUT2D eigenvalue weighted by molar-refractivity contribution is 7.14. The zero-order valence-corrected chi connectivity index (χ0v) is 43.6. The zero-order chi connectivity index (χ0) is 49.8. The molecule has 358 valence electrons. The summed E-state index contributed by atoms with van der Waals surface area (Å²) in [6.07, 6.45) is 5.44. The van der Waals surface area contributed by atoms with Crippen molar-refractivity contribution in [2.75, 3.05) is 18.4 Å². The molecule has 5 heterocycles. The van der Waals surface area contributed by atoms with Crippen LogP contribution in [0.4, 0.5) is 10.1 Å². The third kappa shape index (κ3) is 12.9. The van der Waals surface area contributed by atoms with E-state index < -0.39 is 5.41 Å². The molecule has 1 fully saturated rings. The summed E-state index contributed by atoms with van der Waals surface area (Å²) in [5, 5.41) is 11.1. The minimum atomic E-state index is -0.455. The predicted molar refractivity (Wildman–Crippen MR) is 284 cm³/mol. The van der Waals surface area contributed by atoms with Gasteiger partial charge in [-0.1, -0.05) is 97.6 Å². The minimum absolute atomic E-state index is 0.00993. The van der Waals surface area contributed by atoms with Gasteiger partial charge < -0.3 is 15.5 Å². The van der Waals surface area contributed by atoms with Crippen LogP contribution in [0.3, 0.4) is 0 Å². The van der Waals surface area contributed by atoms with Gasteiger partial charge in [-0.25, -0.2) is 4.39 Å². The van der Waals surface area contributed by atoms with Gasteiger partial charge in [-0.15, -0.1) is 22.7 Å². The summed E-state index contributed by atoms with van der Waals surface area (Å²) in [4.78, 5) is 51.4. The van der Waals surface area contributed by atoms with E-state index in [1.165, 1.54) is 24.3 Å². The van der Waals surface area contributed by atoms with Crippen LogP contribution < -0.4 is 10.6 Å². The second kappa shape index (κ2) is 21.1. The molecule has 0 aliphatic carbocycles. The molecule has 1 aliphatic rings. The van der Waals surface area contributed by atoms with Crippen molar-refractivity contribution in [1.29, 1.82) is 0 Å². The number of carbonyl (C=O) groups is 3. The number of hydrogen-bond acceptors (Lipinski definition) is 7. The van der Waals surface area contributed by atoms with Gasteiger partial charge in [0.15, 0.2) is 0 Å². The monoisotopic (exact) mass is 1000 g/mol. The van der Waals surface area contributed by atoms with E-state index in [1.807, 2.05) is 68.4 Å². The Bertz CT molecular complexity index is 2980. The topological polar surface area (TPSA) is 104 Å². The molecule has 1 unspecified atom stereocenters. The standard InChI is InChI=1S/C30H36ClN3O2S.C26H22ClFN2OS/c1-29(2,3)26-16-19(11-12-32-26)25-15-21(18-37-25)23-10-9-20(14-24(23)31)27(35)34-13-7-8-22(17-34)33-28(36)30(4,5)6;1-26(2,3)24-14-16(10-11-29-24)23-13-18(15-32-23)21-9-4-17(12-22(21)27)25(31)30-20-7-5-19(28)6-8-20/h9-12,14-16,18,22H,7-8,13,17H2,1-6H3,(H,33,36);4-15H,1-3H3,(H,30,31). The maximum atomic E-state index is 13.3. The van der Waals surface area contributed by atoms with Crippen LogP contribution in [-0.4, -0.2) is 51.7 Å². The number of nitrogens with one attached hydrogen (secondary N) is 2. The van der Waals surface area contributed by atoms with Crippen molar-refractivity contribution in [3.8, 4) is 43.1 Å². The van der Waals surface area contributed by atoms with Crippen molar-refractivity contribution >= 4 is 69.3 Å². The number of anilines is 1. The molecule has 3 amide bonds. The van der Waals surface area contributed by atoms with Crippen LogP contribution in [0.1, 0.15) is 107 Å². The molecule has 4 aromatic heterocycles. The highest BCUT2D eigenvalue weighted by atomic mass is 35.5. The molecule has 1 saturated heterocycles. The molecule has 3 aromatic carbocycles. The molecule has 2 N–H and O–H groups in total. The maximum Gasteiger partial charge on any atom is 0.255 e. The number of carbonyl (C=O) groups excluding carboxylic acids is 3. The van der Waals surface area contributed by atoms with E-state index in [2.05, 4.69) is 97.2 Å². The third-order valence-corrected chi connectivity index (χ3v) is 14.3. The average Bonchev–Trinajstić information content (AvgIpc) is 4.01. The van der Waals surface area contributed by atoms with Gasteiger partial charge in [0.2, 0.25) is 5.91 Å². The second-order valence-electron chi connectivity index (χ2n) is 20.4. The Morgan fingerprint density at radius 3 is 1.65 bits per heavy atom. The van der Waals surface area contributed by atoms with Gasteiger partial charge in [0.25, 0.3) is 11.8 Å². The third-order valence-electron chi connectivity index (χ3n) is 11.7. The molecule has 8 nitrogen and oxygen atoms in total. The fourth-order valence-electron chi connectivity index (χ4n) is 7.62. The van der Waals surface area contributed by atoms with Crippen molar-refractivity contribution in [2.45, 2.75) is 92.0 Å². The second-order valence-corrected chi connectivity index (χ2v) is 23.1. The number of amides is 3.